The van der Waals surface area contributed by atoms with Crippen molar-refractivity contribution in [3.8, 4) is 0 Å². The Balaban J connectivity index is 1.33. The summed E-state index contributed by atoms with van der Waals surface area (Å²) < 4.78 is 0. The van der Waals surface area contributed by atoms with E-state index in [9.17, 15) is 9.59 Å². The van der Waals surface area contributed by atoms with E-state index in [4.69, 9.17) is 0 Å². The standard InChI is InChI=1S/C18H21N3O2S/c22-17(2-1-6-20-18(23)15-5-7-24-12-15)21-9-13-3-4-14-10-19-11-16(14)8-13/h3-5,7-8,12,19H,1-2,6,9-11H2,(H,20,23)(H,21,22). The molecule has 0 saturated heterocycles. The number of carbonyl (C=O) groups is 2. The molecule has 0 radical (unpaired) electrons. The van der Waals surface area contributed by atoms with Crippen LogP contribution >= 0.6 is 11.3 Å². The first-order chi connectivity index (χ1) is 11.7. The lowest BCUT2D eigenvalue weighted by molar-refractivity contribution is -0.121. The van der Waals surface area contributed by atoms with E-state index in [1.54, 1.807) is 6.07 Å². The van der Waals surface area contributed by atoms with Gasteiger partial charge in [0.15, 0.2) is 0 Å². The molecule has 1 aliphatic rings. The fourth-order valence-corrected chi connectivity index (χ4v) is 3.33. The first-order valence-corrected chi connectivity index (χ1v) is 9.05. The number of thiophene rings is 1. The molecule has 0 spiro atoms. The third-order valence-corrected chi connectivity index (χ3v) is 4.72. The van der Waals surface area contributed by atoms with Crippen molar-refractivity contribution in [1.82, 2.24) is 16.0 Å². The molecule has 6 heteroatoms. The Hall–Kier alpha value is -2.18. The summed E-state index contributed by atoms with van der Waals surface area (Å²) >= 11 is 1.49. The maximum absolute atomic E-state index is 11.9. The summed E-state index contributed by atoms with van der Waals surface area (Å²) in [4.78, 5) is 23.6. The van der Waals surface area contributed by atoms with Gasteiger partial charge in [0.25, 0.3) is 5.91 Å². The van der Waals surface area contributed by atoms with Crippen LogP contribution in [0.15, 0.2) is 35.0 Å². The molecule has 0 atom stereocenters. The summed E-state index contributed by atoms with van der Waals surface area (Å²) in [6.45, 7) is 2.89. The number of benzene rings is 1. The van der Waals surface area contributed by atoms with Crippen molar-refractivity contribution in [2.75, 3.05) is 6.54 Å². The van der Waals surface area contributed by atoms with Crippen molar-refractivity contribution in [2.24, 2.45) is 0 Å². The van der Waals surface area contributed by atoms with Crippen LogP contribution in [0, 0.1) is 0 Å². The molecule has 1 aromatic carbocycles. The molecule has 0 aliphatic carbocycles. The van der Waals surface area contributed by atoms with Gasteiger partial charge in [-0.1, -0.05) is 18.2 Å². The average Bonchev–Trinajstić information content (AvgIpc) is 3.27. The molecule has 3 N–H and O–H groups in total. The topological polar surface area (TPSA) is 70.2 Å². The highest BCUT2D eigenvalue weighted by molar-refractivity contribution is 7.08. The number of fused-ring (bicyclic) bond motifs is 1. The summed E-state index contributed by atoms with van der Waals surface area (Å²) in [5.74, 6) is -0.0678. The molecule has 0 fully saturated rings. The monoisotopic (exact) mass is 343 g/mol. The molecule has 3 rings (SSSR count). The van der Waals surface area contributed by atoms with Gasteiger partial charge in [0, 0.05) is 43.5 Å². The maximum atomic E-state index is 11.9. The van der Waals surface area contributed by atoms with Crippen molar-refractivity contribution >= 4 is 23.2 Å². The highest BCUT2D eigenvalue weighted by Crippen LogP contribution is 2.16. The third kappa shape index (κ3) is 4.43. The predicted molar refractivity (Wildman–Crippen MR) is 94.7 cm³/mol. The van der Waals surface area contributed by atoms with E-state index in [1.807, 2.05) is 10.8 Å². The van der Waals surface area contributed by atoms with Crippen LogP contribution in [0.4, 0.5) is 0 Å². The largest absolute Gasteiger partial charge is 0.352 e. The molecule has 0 unspecified atom stereocenters. The van der Waals surface area contributed by atoms with Gasteiger partial charge in [-0.25, -0.2) is 0 Å². The predicted octanol–water partition coefficient (Wildman–Crippen LogP) is 2.18. The van der Waals surface area contributed by atoms with E-state index in [0.717, 1.165) is 18.7 Å². The van der Waals surface area contributed by atoms with Gasteiger partial charge >= 0.3 is 0 Å². The number of nitrogens with one attached hydrogen (secondary N) is 3. The Morgan fingerprint density at radius 3 is 2.83 bits per heavy atom. The van der Waals surface area contributed by atoms with Crippen LogP contribution in [0.25, 0.3) is 0 Å². The van der Waals surface area contributed by atoms with Gasteiger partial charge in [0.05, 0.1) is 0 Å². The smallest absolute Gasteiger partial charge is 0.252 e. The Morgan fingerprint density at radius 1 is 1.12 bits per heavy atom. The van der Waals surface area contributed by atoms with Crippen LogP contribution in [0.5, 0.6) is 0 Å². The van der Waals surface area contributed by atoms with Crippen LogP contribution in [-0.4, -0.2) is 18.4 Å². The van der Waals surface area contributed by atoms with Gasteiger partial charge in [-0.2, -0.15) is 11.3 Å². The highest BCUT2D eigenvalue weighted by atomic mass is 32.1. The highest BCUT2D eigenvalue weighted by Gasteiger charge is 2.10. The zero-order valence-electron chi connectivity index (χ0n) is 13.4. The Morgan fingerprint density at radius 2 is 2.00 bits per heavy atom. The molecule has 2 amide bonds. The Labute approximate surface area is 145 Å². The van der Waals surface area contributed by atoms with E-state index >= 15 is 0 Å². The molecule has 5 nitrogen and oxygen atoms in total. The van der Waals surface area contributed by atoms with Crippen LogP contribution in [0.1, 0.15) is 39.9 Å². The van der Waals surface area contributed by atoms with E-state index in [0.29, 0.717) is 31.5 Å². The van der Waals surface area contributed by atoms with Crippen LogP contribution in [0.2, 0.25) is 0 Å². The van der Waals surface area contributed by atoms with Crippen LogP contribution in [0.3, 0.4) is 0 Å². The molecule has 1 aliphatic heterocycles. The zero-order chi connectivity index (χ0) is 16.8. The SMILES string of the molecule is O=C(CCCNC(=O)c1ccsc1)NCc1ccc2c(c1)CNC2. The van der Waals surface area contributed by atoms with E-state index in [2.05, 4.69) is 34.1 Å². The Kier molecular flexibility index (Phi) is 5.61. The van der Waals surface area contributed by atoms with Crippen LogP contribution < -0.4 is 16.0 Å². The lowest BCUT2D eigenvalue weighted by Crippen LogP contribution is -2.27. The summed E-state index contributed by atoms with van der Waals surface area (Å²) in [5, 5.41) is 12.8. The zero-order valence-corrected chi connectivity index (χ0v) is 14.2. The third-order valence-electron chi connectivity index (χ3n) is 4.04. The van der Waals surface area contributed by atoms with Crippen molar-refractivity contribution in [2.45, 2.75) is 32.5 Å². The van der Waals surface area contributed by atoms with Crippen molar-refractivity contribution < 1.29 is 9.59 Å². The molecular formula is C18H21N3O2S. The minimum absolute atomic E-state index is 0.0124. The molecule has 0 bridgehead atoms. The maximum Gasteiger partial charge on any atom is 0.252 e. The molecule has 126 valence electrons. The lowest BCUT2D eigenvalue weighted by atomic mass is 10.1. The van der Waals surface area contributed by atoms with Gasteiger partial charge in [0.1, 0.15) is 0 Å². The van der Waals surface area contributed by atoms with Crippen LogP contribution in [-0.2, 0) is 24.4 Å². The van der Waals surface area contributed by atoms with E-state index in [-0.39, 0.29) is 11.8 Å². The first-order valence-electron chi connectivity index (χ1n) is 8.11. The van der Waals surface area contributed by atoms with Gasteiger partial charge < -0.3 is 16.0 Å². The fraction of sp³-hybridized carbons (Fsp3) is 0.333. The van der Waals surface area contributed by atoms with E-state index in [1.165, 1.54) is 22.5 Å². The number of carbonyl (C=O) groups excluding carboxylic acids is 2. The van der Waals surface area contributed by atoms with Gasteiger partial charge in [-0.15, -0.1) is 0 Å². The Bertz CT molecular complexity index is 713. The summed E-state index contributed by atoms with van der Waals surface area (Å²) in [5.41, 5.74) is 4.46. The second-order valence-corrected chi connectivity index (χ2v) is 6.63. The fourth-order valence-electron chi connectivity index (χ4n) is 2.69. The lowest BCUT2D eigenvalue weighted by Gasteiger charge is -2.08. The number of hydrogen-bond donors (Lipinski definition) is 3. The van der Waals surface area contributed by atoms with E-state index < -0.39 is 0 Å². The summed E-state index contributed by atoms with van der Waals surface area (Å²) in [6, 6.07) is 8.12. The van der Waals surface area contributed by atoms with Gasteiger partial charge in [0.2, 0.25) is 5.91 Å². The molecule has 24 heavy (non-hydrogen) atoms. The second kappa shape index (κ2) is 8.08. The number of rotatable bonds is 7. The summed E-state index contributed by atoms with van der Waals surface area (Å²) in [7, 11) is 0. The quantitative estimate of drug-likeness (QED) is 0.675. The molecular weight excluding hydrogens is 322 g/mol. The molecule has 2 aromatic rings. The minimum Gasteiger partial charge on any atom is -0.352 e. The minimum atomic E-state index is -0.0802. The molecule has 0 saturated carbocycles. The van der Waals surface area contributed by atoms with Crippen molar-refractivity contribution in [3.63, 3.8) is 0 Å². The second-order valence-electron chi connectivity index (χ2n) is 5.85. The van der Waals surface area contributed by atoms with Crippen molar-refractivity contribution in [1.29, 1.82) is 0 Å². The molecule has 1 aromatic heterocycles. The average molecular weight is 343 g/mol. The number of amides is 2. The summed E-state index contributed by atoms with van der Waals surface area (Å²) in [6.07, 6.45) is 1.05. The van der Waals surface area contributed by atoms with Gasteiger partial charge in [-0.3, -0.25) is 9.59 Å². The number of hydrogen-bond acceptors (Lipinski definition) is 4. The normalized spacial score (nSPS) is 12.7. The first kappa shape index (κ1) is 16.7. The van der Waals surface area contributed by atoms with Crippen molar-refractivity contribution in [3.05, 3.63) is 57.3 Å². The van der Waals surface area contributed by atoms with Gasteiger partial charge in [-0.05, 0) is 34.6 Å². The molecule has 2 heterocycles.